The molecule has 0 bridgehead atoms. The predicted molar refractivity (Wildman–Crippen MR) is 137 cm³/mol. The van der Waals surface area contributed by atoms with Gasteiger partial charge in [-0.25, -0.2) is 4.98 Å². The minimum absolute atomic E-state index is 0.646. The van der Waals surface area contributed by atoms with Crippen molar-refractivity contribution in [1.82, 2.24) is 14.6 Å². The van der Waals surface area contributed by atoms with Crippen LogP contribution in [0, 0.1) is 12.8 Å². The van der Waals surface area contributed by atoms with Gasteiger partial charge >= 0.3 is 0 Å². The van der Waals surface area contributed by atoms with Crippen molar-refractivity contribution in [3.05, 3.63) is 76.1 Å². The highest BCUT2D eigenvalue weighted by atomic mass is 35.5. The van der Waals surface area contributed by atoms with E-state index in [9.17, 15) is 0 Å². The van der Waals surface area contributed by atoms with Gasteiger partial charge in [-0.2, -0.15) is 9.61 Å². The zero-order chi connectivity index (χ0) is 23.2. The van der Waals surface area contributed by atoms with E-state index in [0.29, 0.717) is 5.02 Å². The molecule has 0 atom stereocenters. The third-order valence-electron chi connectivity index (χ3n) is 7.08. The molecule has 2 aromatic heterocycles. The molecular weight excluding hydrogens is 444 g/mol. The predicted octanol–water partition coefficient (Wildman–Crippen LogP) is 6.27. The first-order valence-corrected chi connectivity index (χ1v) is 12.5. The second kappa shape index (κ2) is 8.62. The summed E-state index contributed by atoms with van der Waals surface area (Å²) in [5, 5.41) is 5.53. The van der Waals surface area contributed by atoms with Gasteiger partial charge in [0.05, 0.1) is 18.3 Å². The number of aromatic nitrogens is 3. The molecule has 0 amide bonds. The van der Waals surface area contributed by atoms with Crippen molar-refractivity contribution < 1.29 is 4.74 Å². The zero-order valence-corrected chi connectivity index (χ0v) is 20.5. The van der Waals surface area contributed by atoms with Crippen LogP contribution in [0.1, 0.15) is 41.6 Å². The van der Waals surface area contributed by atoms with Crippen molar-refractivity contribution in [2.75, 3.05) is 18.6 Å². The molecule has 0 N–H and O–H groups in total. The molecule has 34 heavy (non-hydrogen) atoms. The van der Waals surface area contributed by atoms with E-state index in [1.54, 1.807) is 7.11 Å². The van der Waals surface area contributed by atoms with Crippen LogP contribution in [0.15, 0.2) is 48.7 Å². The van der Waals surface area contributed by atoms with Crippen molar-refractivity contribution in [3.8, 4) is 16.9 Å². The molecule has 6 heteroatoms. The maximum Gasteiger partial charge on any atom is 0.165 e. The molecule has 1 saturated carbocycles. The van der Waals surface area contributed by atoms with E-state index < -0.39 is 0 Å². The van der Waals surface area contributed by atoms with Crippen LogP contribution in [0.3, 0.4) is 0 Å². The molecule has 2 aliphatic carbocycles. The molecule has 1 fully saturated rings. The lowest BCUT2D eigenvalue weighted by Gasteiger charge is -2.28. The Balaban J connectivity index is 1.49. The highest BCUT2D eigenvalue weighted by Gasteiger charge is 2.30. The fraction of sp³-hybridized carbons (Fsp3) is 0.357. The van der Waals surface area contributed by atoms with Crippen molar-refractivity contribution in [2.24, 2.45) is 5.92 Å². The minimum atomic E-state index is 0.646. The van der Waals surface area contributed by atoms with Crippen molar-refractivity contribution in [2.45, 2.75) is 45.6 Å². The molecular formula is C28H29ClN4O. The maximum absolute atomic E-state index is 6.66. The monoisotopic (exact) mass is 472 g/mol. The molecule has 2 aliphatic rings. The second-order valence-corrected chi connectivity index (χ2v) is 10.1. The van der Waals surface area contributed by atoms with E-state index in [2.05, 4.69) is 40.6 Å². The van der Waals surface area contributed by atoms with Gasteiger partial charge in [0.2, 0.25) is 0 Å². The summed E-state index contributed by atoms with van der Waals surface area (Å²) in [4.78, 5) is 7.67. The normalized spacial score (nSPS) is 15.0. The largest absolute Gasteiger partial charge is 0.497 e. The number of anilines is 1. The summed E-state index contributed by atoms with van der Waals surface area (Å²) in [7, 11) is 1.65. The summed E-state index contributed by atoms with van der Waals surface area (Å²) in [5.41, 5.74) is 7.96. The number of rotatable bonds is 7. The Bertz CT molecular complexity index is 1360. The molecule has 0 saturated heterocycles. The van der Waals surface area contributed by atoms with Crippen LogP contribution in [0.4, 0.5) is 5.82 Å². The van der Waals surface area contributed by atoms with Crippen LogP contribution < -0.4 is 9.64 Å². The van der Waals surface area contributed by atoms with Crippen molar-refractivity contribution in [1.29, 1.82) is 0 Å². The molecule has 0 spiro atoms. The number of halogens is 1. The van der Waals surface area contributed by atoms with Crippen LogP contribution >= 0.6 is 11.6 Å². The van der Waals surface area contributed by atoms with E-state index in [0.717, 1.165) is 60.8 Å². The fourth-order valence-corrected chi connectivity index (χ4v) is 5.33. The number of methoxy groups -OCH3 is 1. The Morgan fingerprint density at radius 2 is 1.91 bits per heavy atom. The first-order chi connectivity index (χ1) is 16.6. The Hall–Kier alpha value is -3.05. The van der Waals surface area contributed by atoms with E-state index >= 15 is 0 Å². The molecule has 6 rings (SSSR count). The minimum Gasteiger partial charge on any atom is -0.497 e. The zero-order valence-electron chi connectivity index (χ0n) is 19.7. The lowest BCUT2D eigenvalue weighted by Crippen LogP contribution is -2.29. The number of nitrogens with zero attached hydrogens (tertiary/aromatic N) is 4. The van der Waals surface area contributed by atoms with Gasteiger partial charge in [0.1, 0.15) is 11.6 Å². The number of hydrogen-bond donors (Lipinski definition) is 0. The van der Waals surface area contributed by atoms with Crippen LogP contribution in [0.25, 0.3) is 16.8 Å². The van der Waals surface area contributed by atoms with E-state index in [-0.39, 0.29) is 0 Å². The topological polar surface area (TPSA) is 42.7 Å². The van der Waals surface area contributed by atoms with Gasteiger partial charge in [-0.3, -0.25) is 0 Å². The smallest absolute Gasteiger partial charge is 0.165 e. The summed E-state index contributed by atoms with van der Waals surface area (Å²) >= 11 is 6.66. The molecule has 2 heterocycles. The summed E-state index contributed by atoms with van der Waals surface area (Å²) in [6, 6.07) is 14.7. The summed E-state index contributed by atoms with van der Waals surface area (Å²) in [6.07, 6.45) is 7.75. The van der Waals surface area contributed by atoms with Crippen LogP contribution in [-0.4, -0.2) is 28.3 Å². The first-order valence-electron chi connectivity index (χ1n) is 12.1. The fourth-order valence-electron chi connectivity index (χ4n) is 5.06. The lowest BCUT2D eigenvalue weighted by molar-refractivity contribution is 0.415. The van der Waals surface area contributed by atoms with Crippen LogP contribution in [0.5, 0.6) is 5.75 Å². The van der Waals surface area contributed by atoms with Crippen molar-refractivity contribution in [3.63, 3.8) is 0 Å². The molecule has 4 aromatic rings. The Labute approximate surface area is 205 Å². The van der Waals surface area contributed by atoms with Gasteiger partial charge in [-0.1, -0.05) is 41.4 Å². The third-order valence-corrected chi connectivity index (χ3v) is 7.39. The van der Waals surface area contributed by atoms with Gasteiger partial charge in [0.25, 0.3) is 0 Å². The Morgan fingerprint density at radius 3 is 2.65 bits per heavy atom. The van der Waals surface area contributed by atoms with E-state index in [4.69, 9.17) is 26.4 Å². The molecule has 2 aromatic carbocycles. The average molecular weight is 473 g/mol. The average Bonchev–Trinajstić information content (AvgIpc) is 3.37. The van der Waals surface area contributed by atoms with Crippen molar-refractivity contribution >= 4 is 23.1 Å². The SMILES string of the molecule is COc1ccc(-c2cnn3c(N(Cc4ccc(C)cc4)CC4CC4)c4c(nc23)CCC4)c(Cl)c1. The quantitative estimate of drug-likeness (QED) is 0.318. The first kappa shape index (κ1) is 21.5. The summed E-state index contributed by atoms with van der Waals surface area (Å²) in [5.74, 6) is 2.71. The Kier molecular flexibility index (Phi) is 5.45. The van der Waals surface area contributed by atoms with E-state index in [1.165, 1.54) is 41.0 Å². The molecule has 5 nitrogen and oxygen atoms in total. The number of ether oxygens (including phenoxy) is 1. The maximum atomic E-state index is 6.66. The summed E-state index contributed by atoms with van der Waals surface area (Å²) < 4.78 is 7.41. The number of benzene rings is 2. The number of hydrogen-bond acceptors (Lipinski definition) is 4. The van der Waals surface area contributed by atoms with Gasteiger partial charge in [0.15, 0.2) is 5.65 Å². The molecule has 0 radical (unpaired) electrons. The van der Waals surface area contributed by atoms with Crippen LogP contribution in [0.2, 0.25) is 5.02 Å². The lowest BCUT2D eigenvalue weighted by atomic mass is 10.1. The molecule has 0 unspecified atom stereocenters. The van der Waals surface area contributed by atoms with Gasteiger partial charge in [0, 0.05) is 35.5 Å². The van der Waals surface area contributed by atoms with Gasteiger partial charge in [-0.05, 0) is 68.7 Å². The molecule has 0 aliphatic heterocycles. The number of fused-ring (bicyclic) bond motifs is 2. The number of aryl methyl sites for hydroxylation is 2. The highest BCUT2D eigenvalue weighted by molar-refractivity contribution is 6.33. The highest BCUT2D eigenvalue weighted by Crippen LogP contribution is 2.39. The van der Waals surface area contributed by atoms with Gasteiger partial charge < -0.3 is 9.64 Å². The molecule has 174 valence electrons. The van der Waals surface area contributed by atoms with E-state index in [1.807, 2.05) is 24.4 Å². The van der Waals surface area contributed by atoms with Crippen LogP contribution in [-0.2, 0) is 19.4 Å². The second-order valence-electron chi connectivity index (χ2n) is 9.66. The standard InChI is InChI=1S/C28H29ClN4O/c1-18-6-8-19(9-7-18)16-32(17-20-10-11-20)28-23-4-3-5-26(23)31-27-24(15-30-33(27)28)22-13-12-21(34-2)14-25(22)29/h6-9,12-15,20H,3-5,10-11,16-17H2,1-2H3. The Morgan fingerprint density at radius 1 is 1.09 bits per heavy atom. The third kappa shape index (κ3) is 3.92. The summed E-state index contributed by atoms with van der Waals surface area (Å²) in [6.45, 7) is 4.07. The van der Waals surface area contributed by atoms with Gasteiger partial charge in [-0.15, -0.1) is 0 Å².